The number of rotatable bonds is 2. The van der Waals surface area contributed by atoms with Crippen molar-refractivity contribution < 1.29 is 8.81 Å². The summed E-state index contributed by atoms with van der Waals surface area (Å²) in [6.45, 7) is 0. The van der Waals surface area contributed by atoms with E-state index >= 15 is 0 Å². The van der Waals surface area contributed by atoms with Crippen molar-refractivity contribution in [2.75, 3.05) is 5.73 Å². The minimum Gasteiger partial charge on any atom is -0.440 e. The summed E-state index contributed by atoms with van der Waals surface area (Å²) in [4.78, 5) is 4.29. The Morgan fingerprint density at radius 1 is 1.11 bits per heavy atom. The Kier molecular flexibility index (Phi) is 2.48. The third-order valence-electron chi connectivity index (χ3n) is 2.79. The first-order valence-corrected chi connectivity index (χ1v) is 5.61. The van der Waals surface area contributed by atoms with Gasteiger partial charge in [-0.25, -0.2) is 9.37 Å². The highest BCUT2D eigenvalue weighted by Gasteiger charge is 2.10. The second-order valence-electron chi connectivity index (χ2n) is 4.07. The molecule has 0 atom stereocenters. The van der Waals surface area contributed by atoms with Gasteiger partial charge in [-0.3, -0.25) is 0 Å². The SMILES string of the molecule is Nc1cccc2oc(Cc3ccccc3F)nc12. The lowest BCUT2D eigenvalue weighted by Gasteiger charge is -1.98. The number of nitrogens with zero attached hydrogens (tertiary/aromatic N) is 1. The van der Waals surface area contributed by atoms with Gasteiger partial charge in [0, 0.05) is 0 Å². The van der Waals surface area contributed by atoms with Gasteiger partial charge in [0.1, 0.15) is 11.3 Å². The predicted molar refractivity (Wildman–Crippen MR) is 67.6 cm³/mol. The number of nitrogen functional groups attached to an aromatic ring is 1. The molecule has 0 aliphatic rings. The predicted octanol–water partition coefficient (Wildman–Crippen LogP) is 3.14. The molecule has 18 heavy (non-hydrogen) atoms. The van der Waals surface area contributed by atoms with Gasteiger partial charge in [-0.05, 0) is 23.8 Å². The maximum Gasteiger partial charge on any atom is 0.200 e. The molecular formula is C14H11FN2O. The van der Waals surface area contributed by atoms with Crippen molar-refractivity contribution in [1.82, 2.24) is 4.98 Å². The molecule has 2 aromatic carbocycles. The van der Waals surface area contributed by atoms with Crippen LogP contribution >= 0.6 is 0 Å². The third-order valence-corrected chi connectivity index (χ3v) is 2.79. The van der Waals surface area contributed by atoms with Crippen LogP contribution in [0.15, 0.2) is 46.9 Å². The molecule has 0 amide bonds. The zero-order valence-corrected chi connectivity index (χ0v) is 9.56. The molecule has 1 heterocycles. The normalized spacial score (nSPS) is 10.9. The van der Waals surface area contributed by atoms with Crippen molar-refractivity contribution >= 4 is 16.8 Å². The molecule has 0 radical (unpaired) electrons. The summed E-state index contributed by atoms with van der Waals surface area (Å²) in [5, 5.41) is 0. The van der Waals surface area contributed by atoms with Crippen molar-refractivity contribution in [1.29, 1.82) is 0 Å². The Hall–Kier alpha value is -2.36. The van der Waals surface area contributed by atoms with Crippen LogP contribution in [0.5, 0.6) is 0 Å². The largest absolute Gasteiger partial charge is 0.440 e. The molecule has 2 N–H and O–H groups in total. The molecule has 4 heteroatoms. The monoisotopic (exact) mass is 242 g/mol. The Labute approximate surface area is 103 Å². The van der Waals surface area contributed by atoms with E-state index < -0.39 is 0 Å². The second kappa shape index (κ2) is 4.14. The highest BCUT2D eigenvalue weighted by Crippen LogP contribution is 2.23. The van der Waals surface area contributed by atoms with Crippen LogP contribution in [0.2, 0.25) is 0 Å². The lowest BCUT2D eigenvalue weighted by molar-refractivity contribution is 0.534. The van der Waals surface area contributed by atoms with Gasteiger partial charge >= 0.3 is 0 Å². The van der Waals surface area contributed by atoms with E-state index in [1.165, 1.54) is 6.07 Å². The van der Waals surface area contributed by atoms with Gasteiger partial charge in [0.15, 0.2) is 11.5 Å². The molecule has 0 bridgehead atoms. The summed E-state index contributed by atoms with van der Waals surface area (Å²) < 4.78 is 19.1. The fourth-order valence-corrected chi connectivity index (χ4v) is 1.90. The lowest BCUT2D eigenvalue weighted by Crippen LogP contribution is -1.92. The van der Waals surface area contributed by atoms with Gasteiger partial charge in [0.25, 0.3) is 0 Å². The van der Waals surface area contributed by atoms with Crippen molar-refractivity contribution in [3.63, 3.8) is 0 Å². The number of benzene rings is 2. The van der Waals surface area contributed by atoms with Gasteiger partial charge in [-0.15, -0.1) is 0 Å². The number of aromatic nitrogens is 1. The van der Waals surface area contributed by atoms with Crippen LogP contribution in [-0.2, 0) is 6.42 Å². The van der Waals surface area contributed by atoms with E-state index in [4.69, 9.17) is 10.2 Å². The number of para-hydroxylation sites is 1. The zero-order valence-electron chi connectivity index (χ0n) is 9.56. The molecule has 0 saturated heterocycles. The quantitative estimate of drug-likeness (QED) is 0.702. The van der Waals surface area contributed by atoms with Crippen LogP contribution < -0.4 is 5.73 Å². The fourth-order valence-electron chi connectivity index (χ4n) is 1.90. The number of oxazole rings is 1. The molecule has 0 aliphatic carbocycles. The molecule has 0 saturated carbocycles. The average Bonchev–Trinajstić information content (AvgIpc) is 2.76. The zero-order chi connectivity index (χ0) is 12.5. The Bertz CT molecular complexity index is 706. The van der Waals surface area contributed by atoms with Crippen molar-refractivity contribution in [3.8, 4) is 0 Å². The summed E-state index contributed by atoms with van der Waals surface area (Å²) in [6, 6.07) is 11.9. The summed E-state index contributed by atoms with van der Waals surface area (Å²) in [6.07, 6.45) is 0.320. The number of nitrogens with two attached hydrogens (primary N) is 1. The van der Waals surface area contributed by atoms with Crippen molar-refractivity contribution in [2.45, 2.75) is 6.42 Å². The van der Waals surface area contributed by atoms with Crippen LogP contribution in [0.1, 0.15) is 11.5 Å². The molecule has 3 nitrogen and oxygen atoms in total. The van der Waals surface area contributed by atoms with Gasteiger partial charge < -0.3 is 10.2 Å². The van der Waals surface area contributed by atoms with E-state index in [-0.39, 0.29) is 5.82 Å². The molecule has 0 spiro atoms. The fraction of sp³-hybridized carbons (Fsp3) is 0.0714. The van der Waals surface area contributed by atoms with E-state index in [0.717, 1.165) is 0 Å². The molecule has 0 fully saturated rings. The highest BCUT2D eigenvalue weighted by atomic mass is 19.1. The molecular weight excluding hydrogens is 231 g/mol. The molecule has 1 aromatic heterocycles. The summed E-state index contributed by atoms with van der Waals surface area (Å²) in [5.41, 5.74) is 8.17. The molecule has 0 unspecified atom stereocenters. The maximum atomic E-state index is 13.5. The third kappa shape index (κ3) is 1.82. The molecule has 0 aliphatic heterocycles. The summed E-state index contributed by atoms with van der Waals surface area (Å²) in [7, 11) is 0. The van der Waals surface area contributed by atoms with Crippen LogP contribution in [0.4, 0.5) is 10.1 Å². The first-order chi connectivity index (χ1) is 8.74. The van der Waals surface area contributed by atoms with Crippen LogP contribution in [0, 0.1) is 5.82 Å². The Morgan fingerprint density at radius 3 is 2.72 bits per heavy atom. The Balaban J connectivity index is 2.01. The first kappa shape index (κ1) is 10.8. The van der Waals surface area contributed by atoms with Crippen molar-refractivity contribution in [2.24, 2.45) is 0 Å². The van der Waals surface area contributed by atoms with E-state index in [1.807, 2.05) is 0 Å². The van der Waals surface area contributed by atoms with E-state index in [2.05, 4.69) is 4.98 Å². The summed E-state index contributed by atoms with van der Waals surface area (Å²) >= 11 is 0. The lowest BCUT2D eigenvalue weighted by atomic mass is 10.1. The smallest absolute Gasteiger partial charge is 0.200 e. The highest BCUT2D eigenvalue weighted by molar-refractivity contribution is 5.85. The minimum absolute atomic E-state index is 0.257. The standard InChI is InChI=1S/C14H11FN2O/c15-10-5-2-1-4-9(10)8-13-17-14-11(16)6-3-7-12(14)18-13/h1-7H,8,16H2. The van der Waals surface area contributed by atoms with Crippen LogP contribution in [0.3, 0.4) is 0 Å². The average molecular weight is 242 g/mol. The van der Waals surface area contributed by atoms with E-state index in [0.29, 0.717) is 34.7 Å². The molecule has 3 aromatic rings. The number of hydrogen-bond acceptors (Lipinski definition) is 3. The summed E-state index contributed by atoms with van der Waals surface area (Å²) in [5.74, 6) is 0.209. The maximum absolute atomic E-state index is 13.5. The van der Waals surface area contributed by atoms with Crippen LogP contribution in [0.25, 0.3) is 11.1 Å². The molecule has 90 valence electrons. The first-order valence-electron chi connectivity index (χ1n) is 5.61. The Morgan fingerprint density at radius 2 is 1.94 bits per heavy atom. The van der Waals surface area contributed by atoms with Crippen LogP contribution in [-0.4, -0.2) is 4.98 Å². The van der Waals surface area contributed by atoms with E-state index in [1.54, 1.807) is 36.4 Å². The molecule has 3 rings (SSSR count). The number of fused-ring (bicyclic) bond motifs is 1. The van der Waals surface area contributed by atoms with Gasteiger partial charge in [-0.2, -0.15) is 0 Å². The topological polar surface area (TPSA) is 52.0 Å². The second-order valence-corrected chi connectivity index (χ2v) is 4.07. The van der Waals surface area contributed by atoms with E-state index in [9.17, 15) is 4.39 Å². The van der Waals surface area contributed by atoms with Crippen molar-refractivity contribution in [3.05, 3.63) is 59.7 Å². The van der Waals surface area contributed by atoms with Gasteiger partial charge in [0.05, 0.1) is 12.1 Å². The van der Waals surface area contributed by atoms with Gasteiger partial charge in [-0.1, -0.05) is 24.3 Å². The minimum atomic E-state index is -0.257. The van der Waals surface area contributed by atoms with Gasteiger partial charge in [0.2, 0.25) is 0 Å². The number of anilines is 1. The number of halogens is 1. The number of hydrogen-bond donors (Lipinski definition) is 1.